The molecule has 0 saturated heterocycles. The standard InChI is InChI=1S/C13H28N2/c1-10(2)4-9-13(15-14)12-7-5-11(3)6-8-12/h10-13,15H,4-9,14H2,1-3H3. The van der Waals surface area contributed by atoms with E-state index < -0.39 is 0 Å². The lowest BCUT2D eigenvalue weighted by molar-refractivity contribution is 0.217. The van der Waals surface area contributed by atoms with Crippen LogP contribution in [0, 0.1) is 17.8 Å². The normalized spacial score (nSPS) is 29.4. The van der Waals surface area contributed by atoms with Crippen LogP contribution in [0.25, 0.3) is 0 Å². The summed E-state index contributed by atoms with van der Waals surface area (Å²) in [7, 11) is 0. The van der Waals surface area contributed by atoms with Gasteiger partial charge in [-0.2, -0.15) is 0 Å². The molecular weight excluding hydrogens is 184 g/mol. The van der Waals surface area contributed by atoms with Gasteiger partial charge in [0.2, 0.25) is 0 Å². The maximum Gasteiger partial charge on any atom is 0.0238 e. The molecule has 0 aromatic carbocycles. The minimum absolute atomic E-state index is 0.555. The zero-order chi connectivity index (χ0) is 11.3. The van der Waals surface area contributed by atoms with E-state index in [-0.39, 0.29) is 0 Å². The highest BCUT2D eigenvalue weighted by molar-refractivity contribution is 4.79. The molecule has 0 spiro atoms. The second-order valence-corrected chi connectivity index (χ2v) is 5.76. The molecule has 1 aliphatic rings. The first-order valence-corrected chi connectivity index (χ1v) is 6.59. The van der Waals surface area contributed by atoms with Gasteiger partial charge in [0.1, 0.15) is 0 Å². The molecule has 2 heteroatoms. The predicted molar refractivity (Wildman–Crippen MR) is 66.3 cm³/mol. The van der Waals surface area contributed by atoms with Crippen molar-refractivity contribution in [2.24, 2.45) is 23.6 Å². The van der Waals surface area contributed by atoms with E-state index in [0.29, 0.717) is 6.04 Å². The molecule has 0 radical (unpaired) electrons. The molecule has 1 aliphatic carbocycles. The maximum atomic E-state index is 5.67. The van der Waals surface area contributed by atoms with Gasteiger partial charge in [-0.05, 0) is 43.4 Å². The highest BCUT2D eigenvalue weighted by Crippen LogP contribution is 2.31. The average Bonchev–Trinajstić information content (AvgIpc) is 2.21. The second-order valence-electron chi connectivity index (χ2n) is 5.76. The Morgan fingerprint density at radius 2 is 1.73 bits per heavy atom. The van der Waals surface area contributed by atoms with Crippen LogP contribution in [0.2, 0.25) is 0 Å². The van der Waals surface area contributed by atoms with Crippen molar-refractivity contribution >= 4 is 0 Å². The summed E-state index contributed by atoms with van der Waals surface area (Å²) in [6, 6.07) is 0.555. The summed E-state index contributed by atoms with van der Waals surface area (Å²) in [6.45, 7) is 6.95. The number of hydrazine groups is 1. The minimum atomic E-state index is 0.555. The largest absolute Gasteiger partial charge is 0.271 e. The monoisotopic (exact) mass is 212 g/mol. The van der Waals surface area contributed by atoms with Crippen LogP contribution in [0.15, 0.2) is 0 Å². The number of hydrogen-bond acceptors (Lipinski definition) is 2. The highest BCUT2D eigenvalue weighted by atomic mass is 15.2. The first kappa shape index (κ1) is 13.0. The van der Waals surface area contributed by atoms with E-state index in [0.717, 1.165) is 17.8 Å². The molecule has 2 nitrogen and oxygen atoms in total. The number of hydrogen-bond donors (Lipinski definition) is 2. The zero-order valence-electron chi connectivity index (χ0n) is 10.6. The van der Waals surface area contributed by atoms with Crippen LogP contribution >= 0.6 is 0 Å². The van der Waals surface area contributed by atoms with E-state index in [4.69, 9.17) is 5.84 Å². The first-order valence-electron chi connectivity index (χ1n) is 6.59. The third kappa shape index (κ3) is 4.52. The summed E-state index contributed by atoms with van der Waals surface area (Å²) in [5.41, 5.74) is 3.04. The Kier molecular flexibility index (Phi) is 5.62. The minimum Gasteiger partial charge on any atom is -0.271 e. The van der Waals surface area contributed by atoms with Gasteiger partial charge in [-0.1, -0.05) is 33.6 Å². The number of nitrogens with one attached hydrogen (secondary N) is 1. The lowest BCUT2D eigenvalue weighted by atomic mass is 9.78. The fourth-order valence-electron chi connectivity index (χ4n) is 2.66. The van der Waals surface area contributed by atoms with E-state index in [2.05, 4.69) is 26.2 Å². The Labute approximate surface area is 95.0 Å². The van der Waals surface area contributed by atoms with E-state index in [1.807, 2.05) is 0 Å². The van der Waals surface area contributed by atoms with Crippen molar-refractivity contribution in [3.05, 3.63) is 0 Å². The van der Waals surface area contributed by atoms with Gasteiger partial charge in [0.25, 0.3) is 0 Å². The van der Waals surface area contributed by atoms with E-state index in [1.165, 1.54) is 38.5 Å². The quantitative estimate of drug-likeness (QED) is 0.543. The summed E-state index contributed by atoms with van der Waals surface area (Å²) in [6.07, 6.45) is 8.06. The molecule has 1 atom stereocenters. The molecule has 0 aliphatic heterocycles. The van der Waals surface area contributed by atoms with E-state index >= 15 is 0 Å². The predicted octanol–water partition coefficient (Wildman–Crippen LogP) is 3.08. The topological polar surface area (TPSA) is 38.0 Å². The van der Waals surface area contributed by atoms with Gasteiger partial charge < -0.3 is 0 Å². The van der Waals surface area contributed by atoms with Crippen LogP contribution in [-0.2, 0) is 0 Å². The van der Waals surface area contributed by atoms with Crippen LogP contribution in [-0.4, -0.2) is 6.04 Å². The van der Waals surface area contributed by atoms with Crippen molar-refractivity contribution in [3.8, 4) is 0 Å². The van der Waals surface area contributed by atoms with Gasteiger partial charge in [-0.15, -0.1) is 0 Å². The molecule has 1 rings (SSSR count). The highest BCUT2D eigenvalue weighted by Gasteiger charge is 2.25. The smallest absolute Gasteiger partial charge is 0.0238 e. The summed E-state index contributed by atoms with van der Waals surface area (Å²) in [5.74, 6) is 8.23. The maximum absolute atomic E-state index is 5.67. The molecule has 3 N–H and O–H groups in total. The molecule has 1 fully saturated rings. The molecule has 0 heterocycles. The van der Waals surface area contributed by atoms with Crippen molar-refractivity contribution in [1.29, 1.82) is 0 Å². The molecule has 1 saturated carbocycles. The van der Waals surface area contributed by atoms with Gasteiger partial charge in [-0.3, -0.25) is 11.3 Å². The summed E-state index contributed by atoms with van der Waals surface area (Å²) < 4.78 is 0. The SMILES string of the molecule is CC(C)CCC(NN)C1CCC(C)CC1. The first-order chi connectivity index (χ1) is 7.13. The van der Waals surface area contributed by atoms with E-state index in [1.54, 1.807) is 0 Å². The van der Waals surface area contributed by atoms with E-state index in [9.17, 15) is 0 Å². The molecule has 0 aromatic rings. The summed E-state index contributed by atoms with van der Waals surface area (Å²) >= 11 is 0. The Bertz CT molecular complexity index is 160. The molecule has 0 amide bonds. The molecule has 90 valence electrons. The fraction of sp³-hybridized carbons (Fsp3) is 1.00. The van der Waals surface area contributed by atoms with Crippen molar-refractivity contribution in [2.45, 2.75) is 65.3 Å². The van der Waals surface area contributed by atoms with Gasteiger partial charge >= 0.3 is 0 Å². The lowest BCUT2D eigenvalue weighted by Gasteiger charge is -2.32. The van der Waals surface area contributed by atoms with Crippen LogP contribution < -0.4 is 11.3 Å². The zero-order valence-corrected chi connectivity index (χ0v) is 10.6. The third-order valence-corrected chi connectivity index (χ3v) is 3.90. The van der Waals surface area contributed by atoms with Crippen LogP contribution in [0.5, 0.6) is 0 Å². The average molecular weight is 212 g/mol. The second kappa shape index (κ2) is 6.49. The Morgan fingerprint density at radius 1 is 1.13 bits per heavy atom. The Morgan fingerprint density at radius 3 is 2.20 bits per heavy atom. The molecule has 0 bridgehead atoms. The van der Waals surface area contributed by atoms with Crippen molar-refractivity contribution < 1.29 is 0 Å². The van der Waals surface area contributed by atoms with Crippen molar-refractivity contribution in [2.75, 3.05) is 0 Å². The fourth-order valence-corrected chi connectivity index (χ4v) is 2.66. The van der Waals surface area contributed by atoms with Crippen LogP contribution in [0.4, 0.5) is 0 Å². The summed E-state index contributed by atoms with van der Waals surface area (Å²) in [4.78, 5) is 0. The number of rotatable bonds is 5. The summed E-state index contributed by atoms with van der Waals surface area (Å²) in [5, 5.41) is 0. The van der Waals surface area contributed by atoms with Gasteiger partial charge in [0.15, 0.2) is 0 Å². The molecule has 15 heavy (non-hydrogen) atoms. The Hall–Kier alpha value is -0.0800. The van der Waals surface area contributed by atoms with Crippen molar-refractivity contribution in [3.63, 3.8) is 0 Å². The van der Waals surface area contributed by atoms with Gasteiger partial charge in [-0.25, -0.2) is 0 Å². The molecule has 1 unspecified atom stereocenters. The molecular formula is C13H28N2. The van der Waals surface area contributed by atoms with Crippen LogP contribution in [0.3, 0.4) is 0 Å². The lowest BCUT2D eigenvalue weighted by Crippen LogP contribution is -2.42. The van der Waals surface area contributed by atoms with Crippen molar-refractivity contribution in [1.82, 2.24) is 5.43 Å². The Balaban J connectivity index is 2.31. The number of nitrogens with two attached hydrogens (primary N) is 1. The molecule has 0 aromatic heterocycles. The third-order valence-electron chi connectivity index (χ3n) is 3.90. The van der Waals surface area contributed by atoms with Gasteiger partial charge in [0, 0.05) is 6.04 Å². The van der Waals surface area contributed by atoms with Crippen LogP contribution in [0.1, 0.15) is 59.3 Å². The van der Waals surface area contributed by atoms with Gasteiger partial charge in [0.05, 0.1) is 0 Å².